The van der Waals surface area contributed by atoms with E-state index in [2.05, 4.69) is 15.3 Å². The topological polar surface area (TPSA) is 78.3 Å². The van der Waals surface area contributed by atoms with E-state index in [4.69, 9.17) is 0 Å². The lowest BCUT2D eigenvalue weighted by molar-refractivity contribution is -0.289. The summed E-state index contributed by atoms with van der Waals surface area (Å²) < 4.78 is 56.9. The third kappa shape index (κ3) is 3.10. The summed E-state index contributed by atoms with van der Waals surface area (Å²) in [7, 11) is 0. The van der Waals surface area contributed by atoms with Gasteiger partial charge in [-0.1, -0.05) is 26.0 Å². The first-order chi connectivity index (χ1) is 14.5. The van der Waals surface area contributed by atoms with Gasteiger partial charge in [0.1, 0.15) is 5.82 Å². The molecule has 3 N–H and O–H groups in total. The molecule has 0 amide bonds. The van der Waals surface area contributed by atoms with Crippen LogP contribution in [0, 0.1) is 18.7 Å². The van der Waals surface area contributed by atoms with Crippen molar-refractivity contribution in [3.63, 3.8) is 0 Å². The van der Waals surface area contributed by atoms with Crippen LogP contribution in [0.15, 0.2) is 36.5 Å². The van der Waals surface area contributed by atoms with Crippen molar-refractivity contribution in [2.75, 3.05) is 5.32 Å². The van der Waals surface area contributed by atoms with Crippen molar-refractivity contribution in [2.24, 2.45) is 5.92 Å². The highest BCUT2D eigenvalue weighted by Gasteiger charge is 2.65. The first-order valence-corrected chi connectivity index (χ1v) is 9.76. The first kappa shape index (κ1) is 21.3. The zero-order chi connectivity index (χ0) is 22.7. The number of anilines is 1. The summed E-state index contributed by atoms with van der Waals surface area (Å²) in [6.45, 7) is 4.37. The number of phenolic OH excluding ortho intramolecular Hbond substituents is 1. The van der Waals surface area contributed by atoms with Crippen LogP contribution in [0.1, 0.15) is 42.8 Å². The number of fused-ring (bicyclic) bond motifs is 2. The molecule has 1 aliphatic carbocycles. The molecule has 0 bridgehead atoms. The van der Waals surface area contributed by atoms with E-state index in [1.165, 1.54) is 26.1 Å². The zero-order valence-corrected chi connectivity index (χ0v) is 17.0. The van der Waals surface area contributed by atoms with Crippen LogP contribution in [0.5, 0.6) is 5.75 Å². The molecule has 4 unspecified atom stereocenters. The Kier molecular flexibility index (Phi) is 4.84. The summed E-state index contributed by atoms with van der Waals surface area (Å²) in [5, 5.41) is 24.7. The second-order valence-electron chi connectivity index (χ2n) is 8.03. The molecule has 2 aromatic carbocycles. The molecule has 0 aliphatic heterocycles. The highest BCUT2D eigenvalue weighted by atomic mass is 19.4. The second-order valence-corrected chi connectivity index (χ2v) is 8.03. The van der Waals surface area contributed by atoms with Crippen molar-refractivity contribution in [3.05, 3.63) is 59.3 Å². The van der Waals surface area contributed by atoms with Crippen molar-refractivity contribution < 1.29 is 27.8 Å². The zero-order valence-electron chi connectivity index (χ0n) is 17.0. The van der Waals surface area contributed by atoms with Crippen LogP contribution in [-0.4, -0.2) is 32.0 Å². The van der Waals surface area contributed by atoms with Crippen molar-refractivity contribution in [3.8, 4) is 5.75 Å². The Morgan fingerprint density at radius 2 is 1.84 bits per heavy atom. The molecule has 164 valence electrons. The van der Waals surface area contributed by atoms with E-state index in [9.17, 15) is 27.8 Å². The molecular formula is C22H21F4N3O2. The van der Waals surface area contributed by atoms with Crippen LogP contribution in [0.4, 0.5) is 23.2 Å². The molecule has 4 rings (SSSR count). The van der Waals surface area contributed by atoms with Gasteiger partial charge in [-0.3, -0.25) is 0 Å². The van der Waals surface area contributed by atoms with Crippen molar-refractivity contribution in [1.29, 1.82) is 0 Å². The number of benzene rings is 2. The van der Waals surface area contributed by atoms with Crippen molar-refractivity contribution >= 4 is 16.6 Å². The lowest BCUT2D eigenvalue weighted by Crippen LogP contribution is -2.60. The molecular weight excluding hydrogens is 414 g/mol. The molecule has 0 fully saturated rings. The quantitative estimate of drug-likeness (QED) is 0.495. The number of hydrogen-bond donors (Lipinski definition) is 3. The summed E-state index contributed by atoms with van der Waals surface area (Å²) in [6.07, 6.45) is -3.51. The Labute approximate surface area is 175 Å². The number of aliphatic hydroxyl groups is 1. The standard InChI is InChI=1S/C22H21F4N3O2/c1-10-11(2)21(31,22(24,25)26)20(13-7-8-15(23)19(30)18(10)13)29-17-6-4-5-16-14(17)9-27-12(3)28-16/h4-11,20,29-31H,1-3H3. The summed E-state index contributed by atoms with van der Waals surface area (Å²) >= 11 is 0. The van der Waals surface area contributed by atoms with Gasteiger partial charge in [-0.05, 0) is 36.6 Å². The van der Waals surface area contributed by atoms with Crippen LogP contribution < -0.4 is 5.32 Å². The fourth-order valence-electron chi connectivity index (χ4n) is 4.50. The molecule has 1 heterocycles. The predicted molar refractivity (Wildman–Crippen MR) is 107 cm³/mol. The number of nitrogens with zero attached hydrogens (tertiary/aromatic N) is 2. The van der Waals surface area contributed by atoms with E-state index in [0.717, 1.165) is 6.07 Å². The van der Waals surface area contributed by atoms with E-state index in [-0.39, 0.29) is 16.8 Å². The molecule has 9 heteroatoms. The van der Waals surface area contributed by atoms with Gasteiger partial charge < -0.3 is 15.5 Å². The van der Waals surface area contributed by atoms with E-state index >= 15 is 0 Å². The number of aromatic nitrogens is 2. The van der Waals surface area contributed by atoms with Gasteiger partial charge in [-0.2, -0.15) is 13.2 Å². The maximum absolute atomic E-state index is 14.3. The van der Waals surface area contributed by atoms with Crippen LogP contribution in [0.3, 0.4) is 0 Å². The lowest BCUT2D eigenvalue weighted by atomic mass is 9.64. The van der Waals surface area contributed by atoms with Gasteiger partial charge in [0.2, 0.25) is 0 Å². The third-order valence-electron chi connectivity index (χ3n) is 6.35. The minimum Gasteiger partial charge on any atom is -0.505 e. The van der Waals surface area contributed by atoms with Gasteiger partial charge in [0.05, 0.1) is 11.6 Å². The molecule has 0 radical (unpaired) electrons. The maximum Gasteiger partial charge on any atom is 0.419 e. The van der Waals surface area contributed by atoms with Crippen molar-refractivity contribution in [2.45, 2.75) is 44.5 Å². The van der Waals surface area contributed by atoms with Gasteiger partial charge in [0, 0.05) is 28.8 Å². The number of aryl methyl sites for hydroxylation is 1. The van der Waals surface area contributed by atoms with Crippen LogP contribution in [0.25, 0.3) is 10.9 Å². The average molecular weight is 435 g/mol. The summed E-state index contributed by atoms with van der Waals surface area (Å²) in [4.78, 5) is 8.40. The Hall–Kier alpha value is -2.94. The summed E-state index contributed by atoms with van der Waals surface area (Å²) in [6, 6.07) is 5.26. The molecule has 31 heavy (non-hydrogen) atoms. The fraction of sp³-hybridized carbons (Fsp3) is 0.364. The minimum atomic E-state index is -5.00. The molecule has 4 atom stereocenters. The summed E-state index contributed by atoms with van der Waals surface area (Å²) in [5.41, 5.74) is -2.35. The number of hydrogen-bond acceptors (Lipinski definition) is 5. The molecule has 1 aromatic heterocycles. The van der Waals surface area contributed by atoms with Gasteiger partial charge >= 0.3 is 6.18 Å². The molecule has 5 nitrogen and oxygen atoms in total. The number of nitrogens with one attached hydrogen (secondary N) is 1. The van der Waals surface area contributed by atoms with E-state index in [1.54, 1.807) is 25.1 Å². The molecule has 3 aromatic rings. The van der Waals surface area contributed by atoms with Crippen LogP contribution in [0.2, 0.25) is 0 Å². The Balaban J connectivity index is 1.96. The normalized spacial score (nSPS) is 26.0. The number of aromatic hydroxyl groups is 1. The highest BCUT2D eigenvalue weighted by Crippen LogP contribution is 2.57. The number of halogens is 4. The predicted octanol–water partition coefficient (Wildman–Crippen LogP) is 4.98. The lowest BCUT2D eigenvalue weighted by Gasteiger charge is -2.49. The van der Waals surface area contributed by atoms with E-state index in [1.807, 2.05) is 0 Å². The van der Waals surface area contributed by atoms with E-state index in [0.29, 0.717) is 16.7 Å². The molecule has 0 saturated heterocycles. The van der Waals surface area contributed by atoms with Crippen LogP contribution >= 0.6 is 0 Å². The van der Waals surface area contributed by atoms with Gasteiger partial charge in [-0.15, -0.1) is 0 Å². The minimum absolute atomic E-state index is 0.0191. The summed E-state index contributed by atoms with van der Waals surface area (Å²) in [5.74, 6) is -3.46. The molecule has 0 spiro atoms. The van der Waals surface area contributed by atoms with E-state index < -0.39 is 41.2 Å². The average Bonchev–Trinajstić information content (AvgIpc) is 2.70. The van der Waals surface area contributed by atoms with Crippen LogP contribution in [-0.2, 0) is 0 Å². The number of rotatable bonds is 2. The third-order valence-corrected chi connectivity index (χ3v) is 6.35. The molecule has 1 aliphatic rings. The smallest absolute Gasteiger partial charge is 0.419 e. The maximum atomic E-state index is 14.3. The monoisotopic (exact) mass is 435 g/mol. The SMILES string of the molecule is Cc1ncc2c(NC3c4ccc(F)c(O)c4C(C)C(C)C3(O)C(F)(F)F)cccc2n1. The highest BCUT2D eigenvalue weighted by molar-refractivity contribution is 5.91. The number of alkyl halides is 3. The Morgan fingerprint density at radius 3 is 2.52 bits per heavy atom. The van der Waals surface area contributed by atoms with Gasteiger partial charge in [0.15, 0.2) is 17.2 Å². The Bertz CT molecular complexity index is 1170. The Morgan fingerprint density at radius 1 is 1.13 bits per heavy atom. The second kappa shape index (κ2) is 7.05. The molecule has 0 saturated carbocycles. The van der Waals surface area contributed by atoms with Crippen molar-refractivity contribution in [1.82, 2.24) is 9.97 Å². The first-order valence-electron chi connectivity index (χ1n) is 9.76. The fourth-order valence-corrected chi connectivity index (χ4v) is 4.50. The van der Waals surface area contributed by atoms with Gasteiger partial charge in [-0.25, -0.2) is 14.4 Å². The largest absolute Gasteiger partial charge is 0.505 e. The number of phenols is 1. The van der Waals surface area contributed by atoms with Gasteiger partial charge in [0.25, 0.3) is 0 Å².